The zero-order valence-electron chi connectivity index (χ0n) is 16.9. The number of nitrogens with one attached hydrogen (secondary N) is 1. The lowest BCUT2D eigenvalue weighted by molar-refractivity contribution is 0.0697. The molecule has 0 unspecified atom stereocenters. The molecule has 0 heterocycles. The number of carboxylic acids is 1. The van der Waals surface area contributed by atoms with Crippen molar-refractivity contribution in [2.24, 2.45) is 0 Å². The smallest absolute Gasteiger partial charge is 0.335 e. The lowest BCUT2D eigenvalue weighted by Crippen LogP contribution is -2.04. The highest BCUT2D eigenvalue weighted by Gasteiger charge is 2.12. The monoisotopic (exact) mass is 469 g/mol. The number of carboxylic acid groups (broad SMARTS) is 1. The lowest BCUT2D eigenvalue weighted by Gasteiger charge is -2.16. The van der Waals surface area contributed by atoms with Gasteiger partial charge in [0.05, 0.1) is 12.2 Å². The molecular formula is C24H24BrNO4. The summed E-state index contributed by atoms with van der Waals surface area (Å²) in [5.41, 5.74) is 4.40. The third kappa shape index (κ3) is 5.76. The number of halogens is 1. The van der Waals surface area contributed by atoms with Crippen LogP contribution in [0.1, 0.15) is 34.0 Å². The molecule has 2 N–H and O–H groups in total. The minimum absolute atomic E-state index is 0.260. The maximum atomic E-state index is 11.0. The van der Waals surface area contributed by atoms with Crippen LogP contribution in [0.25, 0.3) is 0 Å². The van der Waals surface area contributed by atoms with Crippen LogP contribution in [-0.2, 0) is 13.2 Å². The van der Waals surface area contributed by atoms with Gasteiger partial charge in [0.25, 0.3) is 0 Å². The highest BCUT2D eigenvalue weighted by Crippen LogP contribution is 2.35. The topological polar surface area (TPSA) is 67.8 Å². The van der Waals surface area contributed by atoms with Gasteiger partial charge in [0.2, 0.25) is 0 Å². The van der Waals surface area contributed by atoms with Gasteiger partial charge in [-0.15, -0.1) is 0 Å². The van der Waals surface area contributed by atoms with Gasteiger partial charge in [0.15, 0.2) is 11.5 Å². The van der Waals surface area contributed by atoms with Crippen molar-refractivity contribution >= 4 is 27.6 Å². The summed E-state index contributed by atoms with van der Waals surface area (Å²) in [4.78, 5) is 11.0. The first kappa shape index (κ1) is 21.7. The van der Waals surface area contributed by atoms with Gasteiger partial charge in [0, 0.05) is 16.7 Å². The van der Waals surface area contributed by atoms with Crippen LogP contribution in [-0.4, -0.2) is 17.7 Å². The quantitative estimate of drug-likeness (QED) is 0.399. The SMILES string of the molecule is CCOc1cc(CNc2ccc(C(=O)O)cc2)c(Br)cc1OCc1cccc(C)c1. The number of anilines is 1. The summed E-state index contributed by atoms with van der Waals surface area (Å²) in [5.74, 6) is 0.429. The third-order valence-electron chi connectivity index (χ3n) is 4.50. The summed E-state index contributed by atoms with van der Waals surface area (Å²) < 4.78 is 12.7. The summed E-state index contributed by atoms with van der Waals surface area (Å²) in [6.45, 7) is 5.54. The number of benzene rings is 3. The normalized spacial score (nSPS) is 10.5. The molecule has 0 bridgehead atoms. The van der Waals surface area contributed by atoms with Crippen molar-refractivity contribution in [3.8, 4) is 11.5 Å². The molecule has 156 valence electrons. The molecule has 0 radical (unpaired) electrons. The molecule has 0 saturated heterocycles. The second-order valence-electron chi connectivity index (χ2n) is 6.84. The van der Waals surface area contributed by atoms with Gasteiger partial charge in [-0.25, -0.2) is 4.79 Å². The van der Waals surface area contributed by atoms with Crippen LogP contribution < -0.4 is 14.8 Å². The van der Waals surface area contributed by atoms with Crippen molar-refractivity contribution < 1.29 is 19.4 Å². The van der Waals surface area contributed by atoms with E-state index < -0.39 is 5.97 Å². The van der Waals surface area contributed by atoms with E-state index in [1.165, 1.54) is 5.56 Å². The lowest BCUT2D eigenvalue weighted by atomic mass is 10.1. The Bertz CT molecular complexity index is 1020. The molecule has 3 aromatic rings. The zero-order chi connectivity index (χ0) is 21.5. The molecule has 0 aliphatic heterocycles. The van der Waals surface area contributed by atoms with Gasteiger partial charge >= 0.3 is 5.97 Å². The van der Waals surface area contributed by atoms with Crippen LogP contribution in [0.15, 0.2) is 65.1 Å². The van der Waals surface area contributed by atoms with E-state index in [1.807, 2.05) is 31.2 Å². The van der Waals surface area contributed by atoms with E-state index in [9.17, 15) is 4.79 Å². The summed E-state index contributed by atoms with van der Waals surface area (Å²) >= 11 is 3.62. The zero-order valence-corrected chi connectivity index (χ0v) is 18.5. The first-order valence-electron chi connectivity index (χ1n) is 9.67. The van der Waals surface area contributed by atoms with Gasteiger partial charge in [-0.05, 0) is 61.4 Å². The molecular weight excluding hydrogens is 446 g/mol. The standard InChI is InChI=1S/C24H24BrNO4/c1-3-29-22-12-19(14-26-20-9-7-18(8-10-20)24(27)28)21(25)13-23(22)30-15-17-6-4-5-16(2)11-17/h4-13,26H,3,14-15H2,1-2H3,(H,27,28). The van der Waals surface area contributed by atoms with Gasteiger partial charge in [-0.3, -0.25) is 0 Å². The van der Waals surface area contributed by atoms with Crippen LogP contribution in [0.2, 0.25) is 0 Å². The molecule has 3 aromatic carbocycles. The molecule has 0 amide bonds. The van der Waals surface area contributed by atoms with Crippen LogP contribution in [0.4, 0.5) is 5.69 Å². The van der Waals surface area contributed by atoms with Crippen molar-refractivity contribution in [1.82, 2.24) is 0 Å². The summed E-state index contributed by atoms with van der Waals surface area (Å²) in [7, 11) is 0. The van der Waals surface area contributed by atoms with Gasteiger partial charge in [-0.1, -0.05) is 45.8 Å². The van der Waals surface area contributed by atoms with Crippen molar-refractivity contribution in [1.29, 1.82) is 0 Å². The van der Waals surface area contributed by atoms with E-state index in [4.69, 9.17) is 14.6 Å². The Morgan fingerprint density at radius 1 is 1.03 bits per heavy atom. The van der Waals surface area contributed by atoms with Crippen molar-refractivity contribution in [3.05, 3.63) is 87.4 Å². The second-order valence-corrected chi connectivity index (χ2v) is 7.69. The number of hydrogen-bond donors (Lipinski definition) is 2. The molecule has 3 rings (SSSR count). The van der Waals surface area contributed by atoms with E-state index in [0.717, 1.165) is 21.3 Å². The Morgan fingerprint density at radius 3 is 2.43 bits per heavy atom. The summed E-state index contributed by atoms with van der Waals surface area (Å²) in [5, 5.41) is 12.3. The van der Waals surface area contributed by atoms with Gasteiger partial charge < -0.3 is 19.9 Å². The maximum Gasteiger partial charge on any atom is 0.335 e. The first-order valence-corrected chi connectivity index (χ1v) is 10.5. The fourth-order valence-corrected chi connectivity index (χ4v) is 3.45. The average molecular weight is 470 g/mol. The number of ether oxygens (including phenoxy) is 2. The minimum atomic E-state index is -0.938. The van der Waals surface area contributed by atoms with Crippen molar-refractivity contribution in [2.45, 2.75) is 27.0 Å². The maximum absolute atomic E-state index is 11.0. The van der Waals surface area contributed by atoms with E-state index in [-0.39, 0.29) is 5.56 Å². The average Bonchev–Trinajstić information content (AvgIpc) is 2.73. The Kier molecular flexibility index (Phi) is 7.36. The number of rotatable bonds is 9. The van der Waals surface area contributed by atoms with E-state index >= 15 is 0 Å². The predicted octanol–water partition coefficient (Wildman–Crippen LogP) is 6.05. The van der Waals surface area contributed by atoms with Crippen molar-refractivity contribution in [2.75, 3.05) is 11.9 Å². The van der Waals surface area contributed by atoms with Crippen LogP contribution in [0, 0.1) is 6.92 Å². The molecule has 0 aliphatic rings. The first-order chi connectivity index (χ1) is 14.5. The molecule has 5 nitrogen and oxygen atoms in total. The number of carbonyl (C=O) groups is 1. The molecule has 0 aliphatic carbocycles. The third-order valence-corrected chi connectivity index (χ3v) is 5.24. The van der Waals surface area contributed by atoms with Crippen molar-refractivity contribution in [3.63, 3.8) is 0 Å². The van der Waals surface area contributed by atoms with E-state index in [0.29, 0.717) is 31.3 Å². The molecule has 0 saturated carbocycles. The molecule has 0 fully saturated rings. The molecule has 6 heteroatoms. The Hall–Kier alpha value is -2.99. The molecule has 0 aromatic heterocycles. The Morgan fingerprint density at radius 2 is 1.77 bits per heavy atom. The van der Waals surface area contributed by atoms with Crippen LogP contribution >= 0.6 is 15.9 Å². The van der Waals surface area contributed by atoms with Gasteiger partial charge in [-0.2, -0.15) is 0 Å². The second kappa shape index (κ2) is 10.2. The highest BCUT2D eigenvalue weighted by atomic mass is 79.9. The minimum Gasteiger partial charge on any atom is -0.490 e. The number of aryl methyl sites for hydroxylation is 1. The summed E-state index contributed by atoms with van der Waals surface area (Å²) in [6, 6.07) is 18.7. The van der Waals surface area contributed by atoms with E-state index in [2.05, 4.69) is 40.3 Å². The highest BCUT2D eigenvalue weighted by molar-refractivity contribution is 9.10. The Labute approximate surface area is 184 Å². The molecule has 30 heavy (non-hydrogen) atoms. The van der Waals surface area contributed by atoms with E-state index in [1.54, 1.807) is 24.3 Å². The number of aromatic carboxylic acids is 1. The van der Waals surface area contributed by atoms with Crippen LogP contribution in [0.3, 0.4) is 0 Å². The fraction of sp³-hybridized carbons (Fsp3) is 0.208. The van der Waals surface area contributed by atoms with Gasteiger partial charge in [0.1, 0.15) is 6.61 Å². The Balaban J connectivity index is 1.72. The largest absolute Gasteiger partial charge is 0.490 e. The van der Waals surface area contributed by atoms with Crippen LogP contribution in [0.5, 0.6) is 11.5 Å². The predicted molar refractivity (Wildman–Crippen MR) is 122 cm³/mol. The molecule has 0 atom stereocenters. The number of hydrogen-bond acceptors (Lipinski definition) is 4. The molecule has 0 spiro atoms. The summed E-state index contributed by atoms with van der Waals surface area (Å²) in [6.07, 6.45) is 0. The fourth-order valence-electron chi connectivity index (χ4n) is 2.98.